The van der Waals surface area contributed by atoms with Crippen LogP contribution in [0.4, 0.5) is 5.69 Å². The van der Waals surface area contributed by atoms with E-state index in [4.69, 9.17) is 9.47 Å². The predicted molar refractivity (Wildman–Crippen MR) is 92.7 cm³/mol. The molecule has 0 radical (unpaired) electrons. The highest BCUT2D eigenvalue weighted by Crippen LogP contribution is 2.21. The minimum Gasteiger partial charge on any atom is -0.460 e. The number of morpholine rings is 1. The number of ether oxygens (including phenoxy) is 2. The van der Waals surface area contributed by atoms with Gasteiger partial charge >= 0.3 is 5.97 Å². The molecule has 1 aliphatic heterocycles. The van der Waals surface area contributed by atoms with Crippen molar-refractivity contribution < 1.29 is 14.3 Å². The van der Waals surface area contributed by atoms with Crippen molar-refractivity contribution in [3.8, 4) is 0 Å². The lowest BCUT2D eigenvalue weighted by molar-refractivity contribution is -0.153. The molecule has 1 N–H and O–H groups in total. The van der Waals surface area contributed by atoms with Gasteiger partial charge in [-0.25, -0.2) is 10.1 Å². The SMILES string of the molecule is CC(C)(C)OC(=O)Cc1n[nH]c(=O)c2ncc(N3CCOCC3)cc12. The van der Waals surface area contributed by atoms with Crippen LogP contribution in [0.2, 0.25) is 0 Å². The van der Waals surface area contributed by atoms with E-state index in [1.165, 1.54) is 0 Å². The third kappa shape index (κ3) is 4.14. The third-order valence-electron chi connectivity index (χ3n) is 3.80. The summed E-state index contributed by atoms with van der Waals surface area (Å²) in [5.41, 5.74) is 0.647. The van der Waals surface area contributed by atoms with Gasteiger partial charge in [-0.1, -0.05) is 0 Å². The first-order valence-corrected chi connectivity index (χ1v) is 8.25. The van der Waals surface area contributed by atoms with Gasteiger partial charge in [-0.3, -0.25) is 9.59 Å². The number of aromatic amines is 1. The van der Waals surface area contributed by atoms with Crippen LogP contribution in [0.3, 0.4) is 0 Å². The van der Waals surface area contributed by atoms with E-state index in [9.17, 15) is 9.59 Å². The van der Waals surface area contributed by atoms with Crippen LogP contribution in [-0.2, 0) is 20.7 Å². The molecule has 1 saturated heterocycles. The van der Waals surface area contributed by atoms with Crippen molar-refractivity contribution in [2.45, 2.75) is 32.8 Å². The summed E-state index contributed by atoms with van der Waals surface area (Å²) in [4.78, 5) is 30.6. The van der Waals surface area contributed by atoms with Gasteiger partial charge in [0.2, 0.25) is 0 Å². The second kappa shape index (κ2) is 6.79. The normalized spacial score (nSPS) is 15.4. The van der Waals surface area contributed by atoms with Gasteiger partial charge in [-0.15, -0.1) is 0 Å². The van der Waals surface area contributed by atoms with E-state index in [0.29, 0.717) is 24.3 Å². The number of carbonyl (C=O) groups is 1. The minimum absolute atomic E-state index is 0.0290. The molecule has 2 aromatic rings. The van der Waals surface area contributed by atoms with E-state index < -0.39 is 11.6 Å². The first kappa shape index (κ1) is 17.3. The Morgan fingerprint density at radius 3 is 2.76 bits per heavy atom. The van der Waals surface area contributed by atoms with Gasteiger partial charge in [0.15, 0.2) is 0 Å². The summed E-state index contributed by atoms with van der Waals surface area (Å²) >= 11 is 0. The number of carbonyl (C=O) groups excluding carboxylic acids is 1. The second-order valence-corrected chi connectivity index (χ2v) is 6.95. The molecule has 25 heavy (non-hydrogen) atoms. The number of pyridine rings is 1. The summed E-state index contributed by atoms with van der Waals surface area (Å²) < 4.78 is 10.7. The highest BCUT2D eigenvalue weighted by molar-refractivity contribution is 5.86. The summed E-state index contributed by atoms with van der Waals surface area (Å²) in [7, 11) is 0. The van der Waals surface area contributed by atoms with E-state index in [1.807, 2.05) is 6.07 Å². The van der Waals surface area contributed by atoms with E-state index in [0.717, 1.165) is 18.8 Å². The lowest BCUT2D eigenvalue weighted by atomic mass is 10.1. The molecule has 1 fully saturated rings. The van der Waals surface area contributed by atoms with Gasteiger partial charge in [0.05, 0.1) is 37.2 Å². The van der Waals surface area contributed by atoms with Crippen molar-refractivity contribution in [1.82, 2.24) is 15.2 Å². The van der Waals surface area contributed by atoms with Crippen LogP contribution in [0, 0.1) is 0 Å². The van der Waals surface area contributed by atoms with Crippen molar-refractivity contribution in [1.29, 1.82) is 0 Å². The molecule has 0 spiro atoms. The fraction of sp³-hybridized carbons (Fsp3) is 0.529. The van der Waals surface area contributed by atoms with Crippen LogP contribution in [0.15, 0.2) is 17.1 Å². The van der Waals surface area contributed by atoms with E-state index in [1.54, 1.807) is 27.0 Å². The summed E-state index contributed by atoms with van der Waals surface area (Å²) in [5, 5.41) is 7.01. The highest BCUT2D eigenvalue weighted by Gasteiger charge is 2.20. The largest absolute Gasteiger partial charge is 0.460 e. The fourth-order valence-corrected chi connectivity index (χ4v) is 2.73. The van der Waals surface area contributed by atoms with Crippen molar-refractivity contribution in [3.05, 3.63) is 28.3 Å². The molecule has 0 unspecified atom stereocenters. The molecule has 8 heteroatoms. The molecular weight excluding hydrogens is 324 g/mol. The Morgan fingerprint density at radius 2 is 2.08 bits per heavy atom. The molecule has 3 rings (SSSR count). The highest BCUT2D eigenvalue weighted by atomic mass is 16.6. The van der Waals surface area contributed by atoms with Crippen molar-refractivity contribution in [2.24, 2.45) is 0 Å². The first-order chi connectivity index (χ1) is 11.8. The maximum Gasteiger partial charge on any atom is 0.312 e. The number of nitrogens with zero attached hydrogens (tertiary/aromatic N) is 3. The zero-order chi connectivity index (χ0) is 18.0. The average molecular weight is 346 g/mol. The smallest absolute Gasteiger partial charge is 0.312 e. The number of rotatable bonds is 3. The van der Waals surface area contributed by atoms with Gasteiger partial charge in [-0.2, -0.15) is 5.10 Å². The monoisotopic (exact) mass is 346 g/mol. The van der Waals surface area contributed by atoms with Crippen LogP contribution < -0.4 is 10.5 Å². The molecule has 0 atom stereocenters. The number of hydrogen-bond acceptors (Lipinski definition) is 7. The Hall–Kier alpha value is -2.48. The Labute approximate surface area is 145 Å². The van der Waals surface area contributed by atoms with Crippen molar-refractivity contribution in [3.63, 3.8) is 0 Å². The summed E-state index contributed by atoms with van der Waals surface area (Å²) in [6.07, 6.45) is 1.64. The number of fused-ring (bicyclic) bond motifs is 1. The van der Waals surface area contributed by atoms with Crippen LogP contribution in [0.5, 0.6) is 0 Å². The number of H-pyrrole nitrogens is 1. The van der Waals surface area contributed by atoms with Crippen LogP contribution >= 0.6 is 0 Å². The number of aromatic nitrogens is 3. The molecule has 8 nitrogen and oxygen atoms in total. The Kier molecular flexibility index (Phi) is 4.71. The molecule has 1 aliphatic rings. The van der Waals surface area contributed by atoms with Gasteiger partial charge in [0.1, 0.15) is 11.1 Å². The van der Waals surface area contributed by atoms with Crippen molar-refractivity contribution in [2.75, 3.05) is 31.2 Å². The van der Waals surface area contributed by atoms with E-state index >= 15 is 0 Å². The summed E-state index contributed by atoms with van der Waals surface area (Å²) in [6.45, 7) is 8.23. The average Bonchev–Trinajstić information content (AvgIpc) is 2.56. The molecule has 0 aliphatic carbocycles. The van der Waals surface area contributed by atoms with Crippen LogP contribution in [0.1, 0.15) is 26.5 Å². The molecule has 0 amide bonds. The Bertz CT molecular complexity index is 835. The molecule has 0 aromatic carbocycles. The molecule has 3 heterocycles. The zero-order valence-electron chi connectivity index (χ0n) is 14.7. The number of nitrogens with one attached hydrogen (secondary N) is 1. The van der Waals surface area contributed by atoms with E-state index in [2.05, 4.69) is 20.1 Å². The standard InChI is InChI=1S/C17H22N4O4/c1-17(2,3)25-14(22)9-13-12-8-11(21-4-6-24-7-5-21)10-18-15(12)16(23)20-19-13/h8,10H,4-7,9H2,1-3H3,(H,20,23). The number of hydrogen-bond donors (Lipinski definition) is 1. The Morgan fingerprint density at radius 1 is 1.36 bits per heavy atom. The van der Waals surface area contributed by atoms with Crippen molar-refractivity contribution >= 4 is 22.6 Å². The van der Waals surface area contributed by atoms with Gasteiger partial charge in [0, 0.05) is 18.5 Å². The molecule has 0 bridgehead atoms. The van der Waals surface area contributed by atoms with E-state index in [-0.39, 0.29) is 17.5 Å². The molecule has 2 aromatic heterocycles. The predicted octanol–water partition coefficient (Wildman–Crippen LogP) is 1.04. The second-order valence-electron chi connectivity index (χ2n) is 6.95. The number of esters is 1. The third-order valence-corrected chi connectivity index (χ3v) is 3.80. The molecule has 134 valence electrons. The summed E-state index contributed by atoms with van der Waals surface area (Å²) in [5.74, 6) is -0.398. The fourth-order valence-electron chi connectivity index (χ4n) is 2.73. The summed E-state index contributed by atoms with van der Waals surface area (Å²) in [6, 6.07) is 1.86. The molecular formula is C17H22N4O4. The quantitative estimate of drug-likeness (QED) is 0.829. The Balaban J connectivity index is 1.95. The maximum atomic E-state index is 12.1. The van der Waals surface area contributed by atoms with Gasteiger partial charge in [0.25, 0.3) is 5.56 Å². The number of anilines is 1. The van der Waals surface area contributed by atoms with Gasteiger partial charge in [-0.05, 0) is 26.8 Å². The maximum absolute atomic E-state index is 12.1. The van der Waals surface area contributed by atoms with Gasteiger partial charge < -0.3 is 14.4 Å². The lowest BCUT2D eigenvalue weighted by Crippen LogP contribution is -2.36. The first-order valence-electron chi connectivity index (χ1n) is 8.25. The lowest BCUT2D eigenvalue weighted by Gasteiger charge is -2.28. The van der Waals surface area contributed by atoms with Crippen LogP contribution in [0.25, 0.3) is 10.9 Å². The zero-order valence-corrected chi connectivity index (χ0v) is 14.7. The molecule has 0 saturated carbocycles. The minimum atomic E-state index is -0.577. The van der Waals surface area contributed by atoms with Crippen LogP contribution in [-0.4, -0.2) is 53.1 Å². The topological polar surface area (TPSA) is 97.4 Å².